The highest BCUT2D eigenvalue weighted by molar-refractivity contribution is 5.79. The molecule has 22 heavy (non-hydrogen) atoms. The van der Waals surface area contributed by atoms with Crippen LogP contribution in [0.5, 0.6) is 5.75 Å². The maximum absolute atomic E-state index is 12.3. The van der Waals surface area contributed by atoms with E-state index in [1.807, 2.05) is 19.2 Å². The van der Waals surface area contributed by atoms with Crippen LogP contribution in [0.25, 0.3) is 0 Å². The lowest BCUT2D eigenvalue weighted by molar-refractivity contribution is -0.139. The van der Waals surface area contributed by atoms with E-state index < -0.39 is 5.97 Å². The number of amides is 1. The molecule has 0 aromatic heterocycles. The molecular formula is C17H21NO4. The van der Waals surface area contributed by atoms with Crippen LogP contribution in [0.1, 0.15) is 24.8 Å². The Balaban J connectivity index is 1.88. The minimum absolute atomic E-state index is 0.0909. The summed E-state index contributed by atoms with van der Waals surface area (Å²) in [6, 6.07) is 7.14. The molecular weight excluding hydrogens is 282 g/mol. The summed E-state index contributed by atoms with van der Waals surface area (Å²) in [6.07, 6.45) is 6.92. The van der Waals surface area contributed by atoms with Gasteiger partial charge in [-0.3, -0.25) is 4.79 Å². The van der Waals surface area contributed by atoms with E-state index in [1.165, 1.54) is 0 Å². The van der Waals surface area contributed by atoms with Crippen molar-refractivity contribution >= 4 is 11.9 Å². The second-order valence-corrected chi connectivity index (χ2v) is 5.50. The first-order valence-corrected chi connectivity index (χ1v) is 7.40. The van der Waals surface area contributed by atoms with Crippen molar-refractivity contribution in [3.05, 3.63) is 42.0 Å². The fourth-order valence-corrected chi connectivity index (χ4v) is 2.52. The van der Waals surface area contributed by atoms with Gasteiger partial charge >= 0.3 is 5.97 Å². The van der Waals surface area contributed by atoms with Gasteiger partial charge in [0.1, 0.15) is 5.75 Å². The normalized spacial score (nSPS) is 17.0. The Bertz CT molecular complexity index is 550. The van der Waals surface area contributed by atoms with Crippen molar-refractivity contribution in [1.82, 2.24) is 4.90 Å². The number of hydrogen-bond donors (Lipinski definition) is 1. The van der Waals surface area contributed by atoms with Crippen molar-refractivity contribution in [2.24, 2.45) is 5.92 Å². The molecule has 1 N–H and O–H groups in total. The minimum Gasteiger partial charge on any atom is -0.482 e. The first-order valence-electron chi connectivity index (χ1n) is 7.40. The third-order valence-electron chi connectivity index (χ3n) is 3.70. The van der Waals surface area contributed by atoms with Gasteiger partial charge in [-0.05, 0) is 37.0 Å². The maximum atomic E-state index is 12.3. The molecule has 2 rings (SSSR count). The summed E-state index contributed by atoms with van der Waals surface area (Å²) in [5.41, 5.74) is 0.991. The number of rotatable bonds is 6. The number of carbonyl (C=O) groups excluding carboxylic acids is 1. The fourth-order valence-electron chi connectivity index (χ4n) is 2.52. The number of nitrogens with zero attached hydrogens (tertiary/aromatic N) is 1. The first-order chi connectivity index (χ1) is 10.6. The fraction of sp³-hybridized carbons (Fsp3) is 0.412. The van der Waals surface area contributed by atoms with E-state index in [0.717, 1.165) is 24.8 Å². The Hall–Kier alpha value is -2.30. The molecule has 0 heterocycles. The van der Waals surface area contributed by atoms with Crippen LogP contribution in [-0.4, -0.2) is 35.5 Å². The second-order valence-electron chi connectivity index (χ2n) is 5.50. The molecule has 0 saturated heterocycles. The number of carbonyl (C=O) groups is 2. The van der Waals surface area contributed by atoms with Gasteiger partial charge in [0.25, 0.3) is 0 Å². The first kappa shape index (κ1) is 16.1. The average Bonchev–Trinajstić information content (AvgIpc) is 2.54. The molecule has 1 aromatic rings. The second kappa shape index (κ2) is 7.64. The molecule has 1 aromatic carbocycles. The van der Waals surface area contributed by atoms with Crippen LogP contribution in [0.4, 0.5) is 0 Å². The topological polar surface area (TPSA) is 66.8 Å². The summed E-state index contributed by atoms with van der Waals surface area (Å²) in [5, 5.41) is 8.56. The van der Waals surface area contributed by atoms with Gasteiger partial charge in [0.2, 0.25) is 5.91 Å². The average molecular weight is 303 g/mol. The molecule has 0 saturated carbocycles. The van der Waals surface area contributed by atoms with Crippen LogP contribution in [0.2, 0.25) is 0 Å². The van der Waals surface area contributed by atoms with Crippen LogP contribution in [0.15, 0.2) is 36.4 Å². The number of allylic oxidation sites excluding steroid dienone is 2. The lowest BCUT2D eigenvalue weighted by Crippen LogP contribution is -2.32. The Morgan fingerprint density at radius 3 is 2.59 bits per heavy atom. The van der Waals surface area contributed by atoms with E-state index in [1.54, 1.807) is 17.0 Å². The van der Waals surface area contributed by atoms with Crippen molar-refractivity contribution in [2.45, 2.75) is 25.8 Å². The predicted octanol–water partition coefficient (Wildman–Crippen LogP) is 2.46. The van der Waals surface area contributed by atoms with Gasteiger partial charge in [0, 0.05) is 19.5 Å². The lowest BCUT2D eigenvalue weighted by atomic mass is 9.93. The minimum atomic E-state index is -1.00. The lowest BCUT2D eigenvalue weighted by Gasteiger charge is -2.24. The molecule has 5 heteroatoms. The molecule has 1 atom stereocenters. The standard InChI is InChI=1S/C17H21NO4/c1-18(17(21)14-5-3-2-4-6-14)11-13-7-9-15(10-8-13)22-12-16(19)20/h2-3,7-10,14H,4-6,11-12H2,1H3,(H,19,20). The van der Waals surface area contributed by atoms with Crippen LogP contribution in [-0.2, 0) is 16.1 Å². The Labute approximate surface area is 130 Å². The van der Waals surface area contributed by atoms with Crippen LogP contribution in [0, 0.1) is 5.92 Å². The van der Waals surface area contributed by atoms with Crippen LogP contribution < -0.4 is 4.74 Å². The van der Waals surface area contributed by atoms with Gasteiger partial charge in [-0.2, -0.15) is 0 Å². The highest BCUT2D eigenvalue weighted by atomic mass is 16.5. The van der Waals surface area contributed by atoms with E-state index in [9.17, 15) is 9.59 Å². The number of hydrogen-bond acceptors (Lipinski definition) is 3. The number of carboxylic acids is 1. The van der Waals surface area contributed by atoms with E-state index in [2.05, 4.69) is 12.2 Å². The molecule has 1 aliphatic carbocycles. The molecule has 0 spiro atoms. The summed E-state index contributed by atoms with van der Waals surface area (Å²) >= 11 is 0. The molecule has 0 bridgehead atoms. The quantitative estimate of drug-likeness (QED) is 0.820. The monoisotopic (exact) mass is 303 g/mol. The van der Waals surface area contributed by atoms with E-state index in [-0.39, 0.29) is 18.4 Å². The summed E-state index contributed by atoms with van der Waals surface area (Å²) in [7, 11) is 1.81. The maximum Gasteiger partial charge on any atom is 0.341 e. The number of benzene rings is 1. The van der Waals surface area contributed by atoms with Crippen molar-refractivity contribution < 1.29 is 19.4 Å². The number of carboxylic acid groups (broad SMARTS) is 1. The van der Waals surface area contributed by atoms with Gasteiger partial charge in [-0.1, -0.05) is 24.3 Å². The predicted molar refractivity (Wildman–Crippen MR) is 82.5 cm³/mol. The zero-order valence-corrected chi connectivity index (χ0v) is 12.7. The third kappa shape index (κ3) is 4.62. The number of ether oxygens (including phenoxy) is 1. The Morgan fingerprint density at radius 1 is 1.27 bits per heavy atom. The van der Waals surface area contributed by atoms with Gasteiger partial charge in [-0.25, -0.2) is 4.79 Å². The Kier molecular flexibility index (Phi) is 5.58. The van der Waals surface area contributed by atoms with E-state index >= 15 is 0 Å². The molecule has 1 amide bonds. The molecule has 118 valence electrons. The zero-order chi connectivity index (χ0) is 15.9. The van der Waals surface area contributed by atoms with Gasteiger partial charge < -0.3 is 14.7 Å². The summed E-state index contributed by atoms with van der Waals surface area (Å²) in [4.78, 5) is 24.5. The van der Waals surface area contributed by atoms with Gasteiger partial charge in [-0.15, -0.1) is 0 Å². The van der Waals surface area contributed by atoms with Gasteiger partial charge in [0.05, 0.1) is 0 Å². The van der Waals surface area contributed by atoms with Gasteiger partial charge in [0.15, 0.2) is 6.61 Å². The largest absolute Gasteiger partial charge is 0.482 e. The van der Waals surface area contributed by atoms with Crippen molar-refractivity contribution in [3.63, 3.8) is 0 Å². The number of aliphatic carboxylic acids is 1. The van der Waals surface area contributed by atoms with Crippen LogP contribution in [0.3, 0.4) is 0 Å². The van der Waals surface area contributed by atoms with E-state index in [4.69, 9.17) is 9.84 Å². The smallest absolute Gasteiger partial charge is 0.341 e. The SMILES string of the molecule is CN(Cc1ccc(OCC(=O)O)cc1)C(=O)C1CC=CCC1. The highest BCUT2D eigenvalue weighted by Gasteiger charge is 2.22. The molecule has 1 aliphatic rings. The van der Waals surface area contributed by atoms with Crippen molar-refractivity contribution in [3.8, 4) is 5.75 Å². The summed E-state index contributed by atoms with van der Waals surface area (Å²) in [5.74, 6) is -0.225. The highest BCUT2D eigenvalue weighted by Crippen LogP contribution is 2.21. The van der Waals surface area contributed by atoms with Crippen LogP contribution >= 0.6 is 0 Å². The molecule has 1 unspecified atom stereocenters. The molecule has 0 aliphatic heterocycles. The molecule has 0 radical (unpaired) electrons. The Morgan fingerprint density at radius 2 is 2.00 bits per heavy atom. The molecule has 5 nitrogen and oxygen atoms in total. The summed E-state index contributed by atoms with van der Waals surface area (Å²) < 4.78 is 5.08. The van der Waals surface area contributed by atoms with Crippen molar-refractivity contribution in [1.29, 1.82) is 0 Å². The summed E-state index contributed by atoms with van der Waals surface area (Å²) in [6.45, 7) is 0.186. The molecule has 0 fully saturated rings. The third-order valence-corrected chi connectivity index (χ3v) is 3.70. The zero-order valence-electron chi connectivity index (χ0n) is 12.7. The van der Waals surface area contributed by atoms with E-state index in [0.29, 0.717) is 12.3 Å². The van der Waals surface area contributed by atoms with Crippen molar-refractivity contribution in [2.75, 3.05) is 13.7 Å².